The number of hydrogen-bond donors (Lipinski definition) is 0. The standard InChI is InChI=1S/C69H56N2/c1-67(2,3)47-30-35-51(36-31-47)70(49-19-9-7-10-20-49)53-34-29-45-42-61-64(43-46(45)41-53)69(62-27-17-15-24-56(62)57-25-16-18-28-63(57)69)66-59-40-39-54(44-60(59)55-23-13-14-26-58(55)65(61)66)71(50-21-11-8-12-22-50)52-37-32-48(33-38-52)68(4,5)6/h7-44H,1-6H3. The van der Waals surface area contributed by atoms with E-state index in [1.165, 1.54) is 88.0 Å². The maximum absolute atomic E-state index is 2.55. The van der Waals surface area contributed by atoms with E-state index in [0.717, 1.165) is 34.1 Å². The number of fused-ring (bicyclic) bond motifs is 16. The van der Waals surface area contributed by atoms with Crippen molar-refractivity contribution in [2.45, 2.75) is 57.8 Å². The third kappa shape index (κ3) is 6.61. The monoisotopic (exact) mass is 912 g/mol. The van der Waals surface area contributed by atoms with E-state index in [9.17, 15) is 0 Å². The minimum atomic E-state index is -0.574. The van der Waals surface area contributed by atoms with Gasteiger partial charge in [-0.1, -0.05) is 187 Å². The largest absolute Gasteiger partial charge is 0.310 e. The Balaban J connectivity index is 1.08. The van der Waals surface area contributed by atoms with Crippen molar-refractivity contribution in [2.75, 3.05) is 9.80 Å². The van der Waals surface area contributed by atoms with Crippen LogP contribution in [0.1, 0.15) is 74.9 Å². The van der Waals surface area contributed by atoms with Crippen molar-refractivity contribution in [1.29, 1.82) is 0 Å². The Morgan fingerprint density at radius 3 is 1.30 bits per heavy atom. The molecule has 0 atom stereocenters. The van der Waals surface area contributed by atoms with Gasteiger partial charge >= 0.3 is 0 Å². The third-order valence-corrected chi connectivity index (χ3v) is 15.5. The van der Waals surface area contributed by atoms with Crippen LogP contribution in [0.5, 0.6) is 0 Å². The van der Waals surface area contributed by atoms with Crippen LogP contribution in [0.15, 0.2) is 231 Å². The summed E-state index contributed by atoms with van der Waals surface area (Å²) in [4.78, 5) is 4.82. The van der Waals surface area contributed by atoms with Gasteiger partial charge in [0, 0.05) is 34.1 Å². The van der Waals surface area contributed by atoms with Crippen LogP contribution in [0.3, 0.4) is 0 Å². The van der Waals surface area contributed by atoms with Crippen LogP contribution in [0.25, 0.3) is 54.6 Å². The van der Waals surface area contributed by atoms with E-state index in [1.807, 2.05) is 0 Å². The van der Waals surface area contributed by atoms with Crippen molar-refractivity contribution in [2.24, 2.45) is 0 Å². The lowest BCUT2D eigenvalue weighted by Gasteiger charge is -2.32. The van der Waals surface area contributed by atoms with Gasteiger partial charge < -0.3 is 9.80 Å². The molecule has 0 bridgehead atoms. The average molecular weight is 913 g/mol. The quantitative estimate of drug-likeness (QED) is 0.153. The van der Waals surface area contributed by atoms with Crippen molar-refractivity contribution in [3.05, 3.63) is 264 Å². The van der Waals surface area contributed by atoms with Crippen LogP contribution in [0, 0.1) is 0 Å². The van der Waals surface area contributed by atoms with Crippen LogP contribution >= 0.6 is 0 Å². The molecule has 11 aromatic carbocycles. The van der Waals surface area contributed by atoms with Crippen LogP contribution in [-0.2, 0) is 16.2 Å². The fourth-order valence-electron chi connectivity index (χ4n) is 12.1. The van der Waals surface area contributed by atoms with E-state index in [1.54, 1.807) is 0 Å². The van der Waals surface area contributed by atoms with Crippen LogP contribution in [0.4, 0.5) is 34.1 Å². The first-order chi connectivity index (χ1) is 34.5. The molecule has 11 aromatic rings. The summed E-state index contributed by atoms with van der Waals surface area (Å²) in [5.41, 5.74) is 19.6. The molecule has 0 aliphatic heterocycles. The predicted molar refractivity (Wildman–Crippen MR) is 302 cm³/mol. The van der Waals surface area contributed by atoms with Gasteiger partial charge in [0.25, 0.3) is 0 Å². The molecule has 0 aromatic heterocycles. The van der Waals surface area contributed by atoms with E-state index in [4.69, 9.17) is 0 Å². The van der Waals surface area contributed by atoms with Gasteiger partial charge in [-0.25, -0.2) is 0 Å². The number of para-hydroxylation sites is 2. The van der Waals surface area contributed by atoms with E-state index in [2.05, 4.69) is 282 Å². The highest BCUT2D eigenvalue weighted by atomic mass is 15.1. The van der Waals surface area contributed by atoms with Crippen molar-refractivity contribution in [3.8, 4) is 22.3 Å². The van der Waals surface area contributed by atoms with Gasteiger partial charge in [-0.2, -0.15) is 0 Å². The molecule has 0 saturated carbocycles. The number of benzene rings is 11. The molecule has 0 amide bonds. The molecule has 2 heteroatoms. The Labute approximate surface area is 418 Å². The molecule has 0 heterocycles. The molecule has 2 aliphatic rings. The summed E-state index contributed by atoms with van der Waals surface area (Å²) in [5.74, 6) is 0. The van der Waals surface area contributed by atoms with Crippen LogP contribution in [-0.4, -0.2) is 0 Å². The summed E-state index contributed by atoms with van der Waals surface area (Å²) < 4.78 is 0. The zero-order chi connectivity index (χ0) is 48.2. The average Bonchev–Trinajstić information content (AvgIpc) is 3.86. The number of nitrogens with zero attached hydrogens (tertiary/aromatic N) is 2. The number of anilines is 6. The zero-order valence-electron chi connectivity index (χ0n) is 41.3. The number of hydrogen-bond acceptors (Lipinski definition) is 2. The SMILES string of the molecule is CC(C)(C)c1ccc(N(c2ccccc2)c2ccc3cc4c(cc3c2)C2(c3ccccc3-c3ccccc32)c2c-4c3ccccc3c3cc(N(c4ccccc4)c4ccc(C(C)(C)C)cc4)ccc23)cc1. The molecule has 2 aliphatic carbocycles. The minimum absolute atomic E-state index is 0.0545. The molecular weight excluding hydrogens is 857 g/mol. The minimum Gasteiger partial charge on any atom is -0.310 e. The molecule has 342 valence electrons. The second-order valence-electron chi connectivity index (χ2n) is 21.7. The topological polar surface area (TPSA) is 6.48 Å². The van der Waals surface area contributed by atoms with Crippen molar-refractivity contribution < 1.29 is 0 Å². The second-order valence-corrected chi connectivity index (χ2v) is 21.7. The van der Waals surface area contributed by atoms with E-state index in [-0.39, 0.29) is 10.8 Å². The molecular formula is C69H56N2. The predicted octanol–water partition coefficient (Wildman–Crippen LogP) is 19.0. The summed E-state index contributed by atoms with van der Waals surface area (Å²) >= 11 is 0. The highest BCUT2D eigenvalue weighted by Gasteiger charge is 2.53. The zero-order valence-corrected chi connectivity index (χ0v) is 41.3. The van der Waals surface area contributed by atoms with Gasteiger partial charge in [0.2, 0.25) is 0 Å². The Bertz CT molecular complexity index is 3830. The normalized spacial score (nSPS) is 13.3. The summed E-state index contributed by atoms with van der Waals surface area (Å²) in [6.07, 6.45) is 0. The van der Waals surface area contributed by atoms with E-state index in [0.29, 0.717) is 0 Å². The van der Waals surface area contributed by atoms with Gasteiger partial charge in [-0.15, -0.1) is 0 Å². The van der Waals surface area contributed by atoms with Crippen LogP contribution < -0.4 is 9.80 Å². The Morgan fingerprint density at radius 2 is 0.746 bits per heavy atom. The molecule has 0 fully saturated rings. The molecule has 0 radical (unpaired) electrons. The maximum Gasteiger partial charge on any atom is 0.0731 e. The Hall–Kier alpha value is -8.20. The highest BCUT2D eigenvalue weighted by molar-refractivity contribution is 6.21. The summed E-state index contributed by atoms with van der Waals surface area (Å²) in [5, 5.41) is 7.50. The smallest absolute Gasteiger partial charge is 0.0731 e. The van der Waals surface area contributed by atoms with Gasteiger partial charge in [0.05, 0.1) is 5.41 Å². The van der Waals surface area contributed by atoms with Gasteiger partial charge in [-0.3, -0.25) is 0 Å². The van der Waals surface area contributed by atoms with Crippen molar-refractivity contribution in [1.82, 2.24) is 0 Å². The van der Waals surface area contributed by atoms with Gasteiger partial charge in [-0.05, 0) is 184 Å². The third-order valence-electron chi connectivity index (χ3n) is 15.5. The molecule has 2 nitrogen and oxygen atoms in total. The Kier molecular flexibility index (Phi) is 9.61. The summed E-state index contributed by atoms with van der Waals surface area (Å²) in [7, 11) is 0. The van der Waals surface area contributed by atoms with Crippen LogP contribution in [0.2, 0.25) is 0 Å². The number of rotatable bonds is 6. The van der Waals surface area contributed by atoms with Crippen molar-refractivity contribution in [3.63, 3.8) is 0 Å². The molecule has 1 spiro atoms. The first kappa shape index (κ1) is 42.9. The van der Waals surface area contributed by atoms with Gasteiger partial charge in [0.15, 0.2) is 0 Å². The molecule has 0 N–H and O–H groups in total. The fourth-order valence-corrected chi connectivity index (χ4v) is 12.1. The van der Waals surface area contributed by atoms with Gasteiger partial charge in [0.1, 0.15) is 0 Å². The molecule has 13 rings (SSSR count). The van der Waals surface area contributed by atoms with E-state index < -0.39 is 5.41 Å². The molecule has 71 heavy (non-hydrogen) atoms. The lowest BCUT2D eigenvalue weighted by molar-refractivity contribution is 0.590. The summed E-state index contributed by atoms with van der Waals surface area (Å²) in [6, 6.07) is 86.8. The summed E-state index contributed by atoms with van der Waals surface area (Å²) in [6.45, 7) is 13.7. The Morgan fingerprint density at radius 1 is 0.296 bits per heavy atom. The molecule has 0 saturated heterocycles. The maximum atomic E-state index is 2.55. The molecule has 0 unspecified atom stereocenters. The van der Waals surface area contributed by atoms with Crippen molar-refractivity contribution >= 4 is 66.4 Å². The second kappa shape index (κ2) is 15.9. The lowest BCUT2D eigenvalue weighted by atomic mass is 9.69. The van der Waals surface area contributed by atoms with E-state index >= 15 is 0 Å². The fraction of sp³-hybridized carbons (Fsp3) is 0.130. The first-order valence-corrected chi connectivity index (χ1v) is 25.2. The highest BCUT2D eigenvalue weighted by Crippen LogP contribution is 2.66. The lowest BCUT2D eigenvalue weighted by Crippen LogP contribution is -2.26. The first-order valence-electron chi connectivity index (χ1n) is 25.2.